The van der Waals surface area contributed by atoms with Gasteiger partial charge in [-0.2, -0.15) is 0 Å². The maximum absolute atomic E-state index is 13.7. The molecule has 531 valence electrons. The molecule has 25 aromatic rings. The number of pyridine rings is 5. The first-order valence-corrected chi connectivity index (χ1v) is 36.5. The smallest absolute Gasteiger partial charge is 0.188 e. The van der Waals surface area contributed by atoms with Gasteiger partial charge < -0.3 is 22.0 Å². The van der Waals surface area contributed by atoms with E-state index in [9.17, 15) is 8.78 Å². The molecule has 0 spiro atoms. The van der Waals surface area contributed by atoms with Gasteiger partial charge in [-0.05, 0) is 103 Å². The van der Waals surface area contributed by atoms with Crippen molar-refractivity contribution in [1.82, 2.24) is 56.9 Å². The number of hydrogen-bond acceptors (Lipinski definition) is 11. The van der Waals surface area contributed by atoms with E-state index in [0.29, 0.717) is 5.65 Å². The predicted octanol–water partition coefficient (Wildman–Crippen LogP) is 22.3. The molecule has 15 aromatic heterocycles. The molecule has 108 heavy (non-hydrogen) atoms. The zero-order chi connectivity index (χ0) is 68.0. The van der Waals surface area contributed by atoms with E-state index >= 15 is 0 Å². The first kappa shape index (κ1) is 72.7. The van der Waals surface area contributed by atoms with E-state index in [4.69, 9.17) is 19.9 Å². The van der Waals surface area contributed by atoms with E-state index < -0.39 is 0 Å². The standard InChI is InChI=1S/2C17H8FN2S.C17H9N4.2C17H9N2S.5Ir/c18-10-5-6-12-13(9-10)11-3-1-2-4-15(11)20-16(12)19-14-7-8-21-17(14)20;18-10-5-6-12-13(9-10)11-3-1-2-4-14(11)20-15-7-8-21-17(15)19-16(12)20;1-2-7-13-11(5-1)12-6-3-4-8-14(12)21-16(13)20-15-17(21)19-10-9-18-15;1-2-7-13-11(5-1)12-6-3-4-8-15(12)19-16(13)18-14-9-10-20-17(14)19;1-2-7-13-11(5-1)12-6-3-4-8-14(12)19-15-9-10-20-17(15)18-16(13)19;;;;;/h2*1-5,7-9H;1-6,8-10H;2*1-6,8-10H;;;;;/q5*-1;;;;;. The maximum Gasteiger partial charge on any atom is 0.188 e. The third-order valence-electron chi connectivity index (χ3n) is 19.1. The van der Waals surface area contributed by atoms with Crippen LogP contribution in [0.2, 0.25) is 0 Å². The van der Waals surface area contributed by atoms with Crippen LogP contribution in [0.4, 0.5) is 8.78 Å². The van der Waals surface area contributed by atoms with E-state index in [1.54, 1.807) is 69.9 Å². The van der Waals surface area contributed by atoms with Crippen molar-refractivity contribution in [3.63, 3.8) is 0 Å². The number of thiophene rings is 4. The van der Waals surface area contributed by atoms with Gasteiger partial charge in [0.05, 0.1) is 50.3 Å². The summed E-state index contributed by atoms with van der Waals surface area (Å²) in [6.07, 6.45) is 3.37. The fourth-order valence-corrected chi connectivity index (χ4v) is 18.0. The van der Waals surface area contributed by atoms with Gasteiger partial charge in [0, 0.05) is 152 Å². The van der Waals surface area contributed by atoms with E-state index in [2.05, 4.69) is 175 Å². The molecule has 0 atom stereocenters. The molecule has 0 fully saturated rings. The van der Waals surface area contributed by atoms with Crippen LogP contribution in [-0.2, 0) is 101 Å². The monoisotopic (exact) mass is 2360 g/mol. The normalized spacial score (nSPS) is 11.4. The molecule has 10 aromatic carbocycles. The number of nitrogens with zero attached hydrogens (tertiary/aromatic N) is 12. The van der Waals surface area contributed by atoms with Crippen LogP contribution in [0.5, 0.6) is 0 Å². The zero-order valence-electron chi connectivity index (χ0n) is 55.2. The van der Waals surface area contributed by atoms with Crippen LogP contribution in [0.15, 0.2) is 258 Å². The van der Waals surface area contributed by atoms with E-state index in [1.807, 2.05) is 114 Å². The van der Waals surface area contributed by atoms with Crippen molar-refractivity contribution in [3.8, 4) is 0 Å². The molecule has 0 aliphatic heterocycles. The maximum atomic E-state index is 13.7. The summed E-state index contributed by atoms with van der Waals surface area (Å²) in [7, 11) is 0. The number of para-hydroxylation sites is 5. The Kier molecular flexibility index (Phi) is 19.9. The third-order valence-corrected chi connectivity index (χ3v) is 22.4. The molecular weight excluding hydrogens is 2320 g/mol. The van der Waals surface area contributed by atoms with Gasteiger partial charge in [-0.3, -0.25) is 33.7 Å². The first-order valence-electron chi connectivity index (χ1n) is 32.9. The minimum absolute atomic E-state index is 0. The van der Waals surface area contributed by atoms with Crippen LogP contribution in [0.3, 0.4) is 0 Å². The second-order valence-electron chi connectivity index (χ2n) is 24.7. The molecule has 0 bridgehead atoms. The van der Waals surface area contributed by atoms with Crippen LogP contribution in [-0.4, -0.2) is 56.9 Å². The van der Waals surface area contributed by atoms with Crippen molar-refractivity contribution >= 4 is 235 Å². The molecule has 15 heterocycles. The summed E-state index contributed by atoms with van der Waals surface area (Å²) in [5, 5.41) is 24.2. The number of fused-ring (bicyclic) bond motifs is 40. The van der Waals surface area contributed by atoms with Gasteiger partial charge in [0.1, 0.15) is 19.3 Å². The molecule has 0 aliphatic carbocycles. The van der Waals surface area contributed by atoms with Gasteiger partial charge in [0.2, 0.25) is 0 Å². The van der Waals surface area contributed by atoms with Crippen LogP contribution in [0, 0.1) is 42.0 Å². The average Bonchev–Trinajstić information content (AvgIpc) is 1.58. The van der Waals surface area contributed by atoms with Crippen molar-refractivity contribution in [2.75, 3.05) is 0 Å². The third kappa shape index (κ3) is 11.6. The Morgan fingerprint density at radius 3 is 1.04 bits per heavy atom. The van der Waals surface area contributed by atoms with Crippen molar-refractivity contribution in [2.45, 2.75) is 0 Å². The second-order valence-corrected chi connectivity index (χ2v) is 28.3. The van der Waals surface area contributed by atoms with Crippen molar-refractivity contribution in [2.24, 2.45) is 0 Å². The van der Waals surface area contributed by atoms with Gasteiger partial charge in [0.25, 0.3) is 0 Å². The fraction of sp³-hybridized carbons (Fsp3) is 0. The van der Waals surface area contributed by atoms with E-state index in [-0.39, 0.29) is 112 Å². The van der Waals surface area contributed by atoms with Gasteiger partial charge in [-0.15, -0.1) is 171 Å². The Bertz CT molecular complexity index is 7340. The largest absolute Gasteiger partial charge is 0.333 e. The number of rotatable bonds is 0. The first-order chi connectivity index (χ1) is 51.0. The molecule has 12 nitrogen and oxygen atoms in total. The Hall–Kier alpha value is -9.46. The van der Waals surface area contributed by atoms with Crippen molar-refractivity contribution in [1.29, 1.82) is 0 Å². The fourth-order valence-electron chi connectivity index (χ4n) is 14.8. The number of hydrogen-bond donors (Lipinski definition) is 0. The predicted molar refractivity (Wildman–Crippen MR) is 420 cm³/mol. The minimum Gasteiger partial charge on any atom is -0.333 e. The summed E-state index contributed by atoms with van der Waals surface area (Å²) in [6, 6.07) is 90.0. The van der Waals surface area contributed by atoms with Crippen molar-refractivity contribution in [3.05, 3.63) is 300 Å². The topological polar surface area (TPSA) is 112 Å². The minimum atomic E-state index is -0.273. The van der Waals surface area contributed by atoms with E-state index in [1.165, 1.54) is 60.4 Å². The van der Waals surface area contributed by atoms with Crippen molar-refractivity contribution < 1.29 is 109 Å². The summed E-state index contributed by atoms with van der Waals surface area (Å²) < 4.78 is 38.2. The molecule has 0 N–H and O–H groups in total. The molecular formula is C85H43F2Ir5N12S4-5. The Morgan fingerprint density at radius 2 is 0.611 bits per heavy atom. The zero-order valence-corrected chi connectivity index (χ0v) is 70.5. The Morgan fingerprint density at radius 1 is 0.278 bits per heavy atom. The number of halogens is 2. The van der Waals surface area contributed by atoms with Crippen LogP contribution in [0.1, 0.15) is 0 Å². The number of imidazole rings is 5. The van der Waals surface area contributed by atoms with Gasteiger partial charge in [-0.25, -0.2) is 9.97 Å². The molecule has 5 radical (unpaired) electrons. The molecule has 23 heteroatoms. The van der Waals surface area contributed by atoms with Gasteiger partial charge >= 0.3 is 0 Å². The van der Waals surface area contributed by atoms with E-state index in [0.717, 1.165) is 135 Å². The molecule has 0 aliphatic rings. The molecule has 0 saturated heterocycles. The van der Waals surface area contributed by atoms with Gasteiger partial charge in [0.15, 0.2) is 11.3 Å². The Balaban J connectivity index is 0.000000102. The summed E-state index contributed by atoms with van der Waals surface area (Å²) in [5.41, 5.74) is 15.9. The summed E-state index contributed by atoms with van der Waals surface area (Å²) in [6.45, 7) is 0. The number of benzene rings is 10. The van der Waals surface area contributed by atoms with Crippen LogP contribution in [0.25, 0.3) is 189 Å². The summed E-state index contributed by atoms with van der Waals surface area (Å²) >= 11 is 6.69. The second kappa shape index (κ2) is 29.5. The molecule has 0 unspecified atom stereocenters. The SMILES string of the molecule is Fc1c[c-]c2c(c1)c1ccccc1n1c2nc2ccsc21.Fc1c[c-]c2c(c1)c1ccccc1n1c3ccsc3nc21.[Ir].[Ir].[Ir].[Ir].[Ir].[c-]1cccc2c1c1nc3ccsc3n1c1ccccc21.[c-]1cccc2c1c1nc3nccnc3n1c1ccccc21.[c-]1cccc2c1c1nc3sccc3n1c1ccccc21. The molecule has 0 amide bonds. The molecule has 0 saturated carbocycles. The van der Waals surface area contributed by atoms with Gasteiger partial charge in [-0.1, -0.05) is 129 Å². The quantitative estimate of drug-likeness (QED) is 0.110. The summed E-state index contributed by atoms with van der Waals surface area (Å²) in [4.78, 5) is 36.8. The molecule has 25 rings (SSSR count). The van der Waals surface area contributed by atoms with Crippen LogP contribution < -0.4 is 0 Å². The van der Waals surface area contributed by atoms with Crippen LogP contribution >= 0.6 is 45.3 Å². The summed E-state index contributed by atoms with van der Waals surface area (Å²) in [5.74, 6) is -0.546. The number of aromatic nitrogens is 12. The Labute approximate surface area is 693 Å². The average molecular weight is 2360 g/mol.